The molecule has 210 valence electrons. The van der Waals surface area contributed by atoms with E-state index in [9.17, 15) is 9.90 Å². The molecule has 3 rings (SSSR count). The molecular weight excluding hydrogens is 466 g/mol. The van der Waals surface area contributed by atoms with Crippen LogP contribution in [0.1, 0.15) is 139 Å². The Morgan fingerprint density at radius 2 is 1.05 bits per heavy atom. The van der Waals surface area contributed by atoms with Gasteiger partial charge in [-0.15, -0.1) is 0 Å². The predicted molar refractivity (Wildman–Crippen MR) is 160 cm³/mol. The molecule has 0 bridgehead atoms. The third-order valence-electron chi connectivity index (χ3n) is 8.43. The molecule has 2 aromatic carbocycles. The third kappa shape index (κ3) is 9.26. The lowest BCUT2D eigenvalue weighted by molar-refractivity contribution is -0.120. The maximum absolute atomic E-state index is 12.2. The van der Waals surface area contributed by atoms with Crippen LogP contribution in [0.3, 0.4) is 0 Å². The molecule has 1 atom stereocenters. The minimum absolute atomic E-state index is 0.0274. The third-order valence-corrected chi connectivity index (χ3v) is 8.43. The molecule has 1 aliphatic rings. The average molecular weight is 520 g/mol. The van der Waals surface area contributed by atoms with Crippen molar-refractivity contribution in [3.8, 4) is 0 Å². The van der Waals surface area contributed by atoms with Crippen molar-refractivity contribution in [3.05, 3.63) is 70.8 Å². The normalized spacial score (nSPS) is 15.7. The van der Waals surface area contributed by atoms with E-state index in [-0.39, 0.29) is 11.9 Å². The monoisotopic (exact) mass is 519 g/mol. The molecule has 0 radical (unpaired) electrons. The van der Waals surface area contributed by atoms with Gasteiger partial charge in [-0.05, 0) is 54.4 Å². The van der Waals surface area contributed by atoms with Gasteiger partial charge in [0.15, 0.2) is 0 Å². The lowest BCUT2D eigenvalue weighted by Crippen LogP contribution is -2.47. The SMILES string of the molecule is CCCCCCCCCc1ccc(C(O)(c2ccc(CCCCCCCCC)cc2)[C@H]2CCC(=O)N2)cc1. The van der Waals surface area contributed by atoms with Crippen LogP contribution in [0.2, 0.25) is 0 Å². The number of carbonyl (C=O) groups excluding carboxylic acids is 1. The number of benzene rings is 2. The van der Waals surface area contributed by atoms with Crippen LogP contribution in [0.25, 0.3) is 0 Å². The minimum atomic E-state index is -1.22. The molecule has 1 aliphatic heterocycles. The number of carbonyl (C=O) groups is 1. The van der Waals surface area contributed by atoms with E-state index >= 15 is 0 Å². The van der Waals surface area contributed by atoms with Gasteiger partial charge in [-0.3, -0.25) is 4.79 Å². The van der Waals surface area contributed by atoms with Gasteiger partial charge in [0.25, 0.3) is 0 Å². The van der Waals surface area contributed by atoms with E-state index in [1.165, 1.54) is 101 Å². The summed E-state index contributed by atoms with van der Waals surface area (Å²) in [6, 6.07) is 16.7. The molecule has 1 heterocycles. The molecule has 1 fully saturated rings. The smallest absolute Gasteiger partial charge is 0.220 e. The van der Waals surface area contributed by atoms with Crippen LogP contribution in [0, 0.1) is 0 Å². The summed E-state index contributed by atoms with van der Waals surface area (Å²) in [4.78, 5) is 12.1. The fourth-order valence-corrected chi connectivity index (χ4v) is 5.92. The Morgan fingerprint density at radius 3 is 1.42 bits per heavy atom. The van der Waals surface area contributed by atoms with Gasteiger partial charge in [0.1, 0.15) is 5.60 Å². The number of rotatable bonds is 19. The molecule has 3 nitrogen and oxygen atoms in total. The van der Waals surface area contributed by atoms with Crippen LogP contribution in [0.4, 0.5) is 0 Å². The highest BCUT2D eigenvalue weighted by Crippen LogP contribution is 2.37. The first-order chi connectivity index (χ1) is 18.6. The standard InChI is InChI=1S/C35H53NO2/c1-3-5-7-9-11-13-15-17-29-19-23-31(24-20-29)35(38,33-27-28-34(37)36-33)32-25-21-30(22-26-32)18-16-14-12-10-8-6-4-2/h19-26,33,38H,3-18,27-28H2,1-2H3,(H,36,37)/t33-/m1/s1. The van der Waals surface area contributed by atoms with Gasteiger partial charge < -0.3 is 10.4 Å². The molecule has 38 heavy (non-hydrogen) atoms. The Bertz CT molecular complexity index is 856. The average Bonchev–Trinajstić information content (AvgIpc) is 3.39. The molecule has 3 heteroatoms. The second kappa shape index (κ2) is 16.7. The molecular formula is C35H53NO2. The molecule has 0 aromatic heterocycles. The number of nitrogens with one attached hydrogen (secondary N) is 1. The number of unbranched alkanes of at least 4 members (excludes halogenated alkanes) is 12. The highest BCUT2D eigenvalue weighted by atomic mass is 16.3. The van der Waals surface area contributed by atoms with E-state index in [1.807, 2.05) is 0 Å². The number of hydrogen-bond acceptors (Lipinski definition) is 2. The van der Waals surface area contributed by atoms with E-state index in [4.69, 9.17) is 0 Å². The largest absolute Gasteiger partial charge is 0.378 e. The number of aryl methyl sites for hydroxylation is 2. The van der Waals surface area contributed by atoms with Crippen LogP contribution < -0.4 is 5.32 Å². The van der Waals surface area contributed by atoms with Gasteiger partial charge in [0.05, 0.1) is 6.04 Å². The molecule has 0 unspecified atom stereocenters. The zero-order valence-corrected chi connectivity index (χ0v) is 24.3. The van der Waals surface area contributed by atoms with Crippen LogP contribution in [0.5, 0.6) is 0 Å². The summed E-state index contributed by atoms with van der Waals surface area (Å²) in [6.45, 7) is 4.52. The summed E-state index contributed by atoms with van der Waals surface area (Å²) in [6.07, 6.45) is 21.7. The van der Waals surface area contributed by atoms with Crippen LogP contribution in [-0.4, -0.2) is 17.1 Å². The summed E-state index contributed by atoms with van der Waals surface area (Å²) in [5.41, 5.74) is 3.16. The molecule has 0 saturated carbocycles. The van der Waals surface area contributed by atoms with Gasteiger partial charge in [0.2, 0.25) is 5.91 Å². The number of hydrogen-bond donors (Lipinski definition) is 2. The maximum atomic E-state index is 12.2. The van der Waals surface area contributed by atoms with E-state index in [2.05, 4.69) is 67.7 Å². The van der Waals surface area contributed by atoms with E-state index < -0.39 is 5.60 Å². The van der Waals surface area contributed by atoms with Crippen molar-refractivity contribution >= 4 is 5.91 Å². The number of aliphatic hydroxyl groups is 1. The van der Waals surface area contributed by atoms with Gasteiger partial charge in [-0.1, -0.05) is 139 Å². The zero-order valence-electron chi connectivity index (χ0n) is 24.3. The number of amides is 1. The first-order valence-corrected chi connectivity index (χ1v) is 15.8. The van der Waals surface area contributed by atoms with Crippen LogP contribution in [-0.2, 0) is 23.2 Å². The van der Waals surface area contributed by atoms with Crippen molar-refractivity contribution in [3.63, 3.8) is 0 Å². The first kappa shape index (κ1) is 30.4. The van der Waals surface area contributed by atoms with Crippen molar-refractivity contribution < 1.29 is 9.90 Å². The van der Waals surface area contributed by atoms with Crippen LogP contribution in [0.15, 0.2) is 48.5 Å². The first-order valence-electron chi connectivity index (χ1n) is 15.8. The van der Waals surface area contributed by atoms with Gasteiger partial charge >= 0.3 is 0 Å². The summed E-state index contributed by atoms with van der Waals surface area (Å²) in [5.74, 6) is 0.0274. The van der Waals surface area contributed by atoms with Crippen molar-refractivity contribution in [1.29, 1.82) is 0 Å². The van der Waals surface area contributed by atoms with E-state index in [0.717, 1.165) is 24.0 Å². The molecule has 1 amide bonds. The van der Waals surface area contributed by atoms with Gasteiger partial charge in [-0.2, -0.15) is 0 Å². The second-order valence-electron chi connectivity index (χ2n) is 11.6. The van der Waals surface area contributed by atoms with E-state index in [1.54, 1.807) is 0 Å². The van der Waals surface area contributed by atoms with Crippen molar-refractivity contribution in [2.24, 2.45) is 0 Å². The maximum Gasteiger partial charge on any atom is 0.220 e. The topological polar surface area (TPSA) is 49.3 Å². The Kier molecular flexibility index (Phi) is 13.4. The van der Waals surface area contributed by atoms with Crippen LogP contribution >= 0.6 is 0 Å². The highest BCUT2D eigenvalue weighted by molar-refractivity contribution is 5.79. The molecule has 2 aromatic rings. The highest BCUT2D eigenvalue weighted by Gasteiger charge is 2.43. The van der Waals surface area contributed by atoms with Crippen molar-refractivity contribution in [1.82, 2.24) is 5.32 Å². The lowest BCUT2D eigenvalue weighted by Gasteiger charge is -2.35. The Balaban J connectivity index is 1.60. The Morgan fingerprint density at radius 1 is 0.658 bits per heavy atom. The Labute approximate surface area is 232 Å². The molecule has 2 N–H and O–H groups in total. The van der Waals surface area contributed by atoms with Gasteiger partial charge in [-0.25, -0.2) is 0 Å². The summed E-state index contributed by atoms with van der Waals surface area (Å²) >= 11 is 0. The molecule has 1 saturated heterocycles. The quantitative estimate of drug-likeness (QED) is 0.182. The van der Waals surface area contributed by atoms with Crippen molar-refractivity contribution in [2.45, 2.75) is 141 Å². The van der Waals surface area contributed by atoms with Crippen molar-refractivity contribution in [2.75, 3.05) is 0 Å². The fourth-order valence-electron chi connectivity index (χ4n) is 5.92. The zero-order chi connectivity index (χ0) is 27.1. The summed E-state index contributed by atoms with van der Waals surface area (Å²) in [7, 11) is 0. The Hall–Kier alpha value is -2.13. The van der Waals surface area contributed by atoms with Gasteiger partial charge in [0, 0.05) is 6.42 Å². The molecule has 0 spiro atoms. The second-order valence-corrected chi connectivity index (χ2v) is 11.6. The summed E-state index contributed by atoms with van der Waals surface area (Å²) in [5, 5.41) is 15.2. The fraction of sp³-hybridized carbons (Fsp3) is 0.629. The summed E-state index contributed by atoms with van der Waals surface area (Å²) < 4.78 is 0. The minimum Gasteiger partial charge on any atom is -0.378 e. The predicted octanol–water partition coefficient (Wildman–Crippen LogP) is 8.79. The lowest BCUT2D eigenvalue weighted by atomic mass is 9.79. The molecule has 0 aliphatic carbocycles. The van der Waals surface area contributed by atoms with E-state index in [0.29, 0.717) is 12.8 Å².